The van der Waals surface area contributed by atoms with E-state index < -0.39 is 5.97 Å². The van der Waals surface area contributed by atoms with Gasteiger partial charge >= 0.3 is 5.97 Å². The van der Waals surface area contributed by atoms with Crippen molar-refractivity contribution in [3.63, 3.8) is 0 Å². The van der Waals surface area contributed by atoms with E-state index in [0.29, 0.717) is 5.56 Å². The van der Waals surface area contributed by atoms with Crippen LogP contribution in [0.3, 0.4) is 0 Å². The number of carbonyl (C=O) groups is 2. The fourth-order valence-corrected chi connectivity index (χ4v) is 1.33. The number of ketones is 1. The smallest absolute Gasteiger partial charge is 0.328 e. The lowest BCUT2D eigenvalue weighted by molar-refractivity contribution is -0.131. The Kier molecular flexibility index (Phi) is 3.39. The van der Waals surface area contributed by atoms with Gasteiger partial charge in [-0.25, -0.2) is 4.79 Å². The summed E-state index contributed by atoms with van der Waals surface area (Å²) < 4.78 is 0. The Morgan fingerprint density at radius 2 is 1.87 bits per heavy atom. The molecular weight excluding hydrogens is 192 g/mol. The Morgan fingerprint density at radius 3 is 2.40 bits per heavy atom. The average Bonchev–Trinajstić information content (AvgIpc) is 2.14. The summed E-state index contributed by atoms with van der Waals surface area (Å²) in [5, 5.41) is 8.38. The summed E-state index contributed by atoms with van der Waals surface area (Å²) in [6.07, 6.45) is 1.92. The SMILES string of the molecule is Cc1ccc(C(=O)C=CC(=O)O)c(C)c1. The minimum Gasteiger partial charge on any atom is -0.478 e. The van der Waals surface area contributed by atoms with Gasteiger partial charge in [-0.2, -0.15) is 0 Å². The molecule has 15 heavy (non-hydrogen) atoms. The van der Waals surface area contributed by atoms with Gasteiger partial charge in [-0.05, 0) is 25.5 Å². The number of rotatable bonds is 3. The van der Waals surface area contributed by atoms with Crippen LogP contribution in [-0.2, 0) is 4.79 Å². The minimum absolute atomic E-state index is 0.282. The second-order valence-electron chi connectivity index (χ2n) is 3.35. The quantitative estimate of drug-likeness (QED) is 0.606. The predicted molar refractivity (Wildman–Crippen MR) is 57.0 cm³/mol. The van der Waals surface area contributed by atoms with Gasteiger partial charge in [0.1, 0.15) is 0 Å². The molecule has 0 radical (unpaired) electrons. The molecule has 1 aromatic rings. The molecule has 3 heteroatoms. The van der Waals surface area contributed by atoms with E-state index in [-0.39, 0.29) is 5.78 Å². The molecule has 1 rings (SSSR count). The van der Waals surface area contributed by atoms with Crippen LogP contribution in [0.5, 0.6) is 0 Å². The van der Waals surface area contributed by atoms with Crippen LogP contribution in [0.1, 0.15) is 21.5 Å². The van der Waals surface area contributed by atoms with E-state index in [1.165, 1.54) is 0 Å². The Hall–Kier alpha value is -1.90. The maximum absolute atomic E-state index is 11.5. The number of allylic oxidation sites excluding steroid dienone is 1. The third kappa shape index (κ3) is 3.06. The maximum atomic E-state index is 11.5. The first-order chi connectivity index (χ1) is 7.00. The highest BCUT2D eigenvalue weighted by Gasteiger charge is 2.05. The van der Waals surface area contributed by atoms with Crippen LogP contribution in [0.4, 0.5) is 0 Å². The second kappa shape index (κ2) is 4.55. The number of aryl methyl sites for hydroxylation is 2. The molecule has 0 amide bonds. The first-order valence-electron chi connectivity index (χ1n) is 4.53. The molecule has 3 nitrogen and oxygen atoms in total. The normalized spacial score (nSPS) is 10.5. The van der Waals surface area contributed by atoms with Crippen molar-refractivity contribution in [3.8, 4) is 0 Å². The van der Waals surface area contributed by atoms with Crippen molar-refractivity contribution in [1.29, 1.82) is 0 Å². The topological polar surface area (TPSA) is 54.4 Å². The summed E-state index contributed by atoms with van der Waals surface area (Å²) in [5.74, 6) is -1.40. The van der Waals surface area contributed by atoms with Crippen LogP contribution in [0, 0.1) is 13.8 Å². The lowest BCUT2D eigenvalue weighted by Gasteiger charge is -2.02. The summed E-state index contributed by atoms with van der Waals surface area (Å²) in [5.41, 5.74) is 2.47. The maximum Gasteiger partial charge on any atom is 0.328 e. The van der Waals surface area contributed by atoms with Gasteiger partial charge in [-0.3, -0.25) is 4.79 Å². The van der Waals surface area contributed by atoms with E-state index in [1.54, 1.807) is 6.07 Å². The van der Waals surface area contributed by atoms with Crippen LogP contribution in [0.2, 0.25) is 0 Å². The molecule has 0 saturated heterocycles. The van der Waals surface area contributed by atoms with Crippen LogP contribution < -0.4 is 0 Å². The van der Waals surface area contributed by atoms with Crippen molar-refractivity contribution in [2.45, 2.75) is 13.8 Å². The number of hydrogen-bond acceptors (Lipinski definition) is 2. The number of carboxylic acids is 1. The molecule has 0 spiro atoms. The number of benzene rings is 1. The molecule has 0 aliphatic heterocycles. The highest BCUT2D eigenvalue weighted by Crippen LogP contribution is 2.11. The predicted octanol–water partition coefficient (Wildman–Crippen LogP) is 2.13. The molecule has 0 unspecified atom stereocenters. The van der Waals surface area contributed by atoms with Gasteiger partial charge in [-0.15, -0.1) is 0 Å². The number of carboxylic acid groups (broad SMARTS) is 1. The highest BCUT2D eigenvalue weighted by atomic mass is 16.4. The van der Waals surface area contributed by atoms with E-state index in [0.717, 1.165) is 23.3 Å². The zero-order valence-electron chi connectivity index (χ0n) is 8.65. The lowest BCUT2D eigenvalue weighted by atomic mass is 10.0. The van der Waals surface area contributed by atoms with Gasteiger partial charge in [-0.1, -0.05) is 23.8 Å². The van der Waals surface area contributed by atoms with Crippen molar-refractivity contribution in [2.24, 2.45) is 0 Å². The summed E-state index contributed by atoms with van der Waals surface area (Å²) >= 11 is 0. The van der Waals surface area contributed by atoms with Gasteiger partial charge in [0.2, 0.25) is 0 Å². The van der Waals surface area contributed by atoms with E-state index in [1.807, 2.05) is 26.0 Å². The minimum atomic E-state index is -1.12. The van der Waals surface area contributed by atoms with Gasteiger partial charge in [0.05, 0.1) is 0 Å². The molecule has 0 atom stereocenters. The van der Waals surface area contributed by atoms with Crippen molar-refractivity contribution in [1.82, 2.24) is 0 Å². The number of carbonyl (C=O) groups excluding carboxylic acids is 1. The monoisotopic (exact) mass is 204 g/mol. The zero-order valence-corrected chi connectivity index (χ0v) is 8.65. The van der Waals surface area contributed by atoms with Gasteiger partial charge in [0.25, 0.3) is 0 Å². The third-order valence-electron chi connectivity index (χ3n) is 2.02. The van der Waals surface area contributed by atoms with Gasteiger partial charge in [0.15, 0.2) is 5.78 Å². The van der Waals surface area contributed by atoms with Crippen LogP contribution >= 0.6 is 0 Å². The number of aliphatic carboxylic acids is 1. The van der Waals surface area contributed by atoms with E-state index in [2.05, 4.69) is 0 Å². The molecule has 1 N–H and O–H groups in total. The van der Waals surface area contributed by atoms with Crippen molar-refractivity contribution in [3.05, 3.63) is 47.0 Å². The van der Waals surface area contributed by atoms with Gasteiger partial charge < -0.3 is 5.11 Å². The van der Waals surface area contributed by atoms with E-state index in [9.17, 15) is 9.59 Å². The van der Waals surface area contributed by atoms with Crippen LogP contribution in [0.25, 0.3) is 0 Å². The lowest BCUT2D eigenvalue weighted by Crippen LogP contribution is -1.99. The first kappa shape index (κ1) is 11.2. The van der Waals surface area contributed by atoms with Crippen molar-refractivity contribution >= 4 is 11.8 Å². The Labute approximate surface area is 88.0 Å². The molecule has 0 aromatic heterocycles. The molecular formula is C12H12O3. The van der Waals surface area contributed by atoms with E-state index >= 15 is 0 Å². The first-order valence-corrected chi connectivity index (χ1v) is 4.53. The standard InChI is InChI=1S/C12H12O3/c1-8-3-4-10(9(2)7-8)11(13)5-6-12(14)15/h3-7H,1-2H3,(H,14,15). The summed E-state index contributed by atoms with van der Waals surface area (Å²) in [6, 6.07) is 5.43. The van der Waals surface area contributed by atoms with Crippen molar-refractivity contribution < 1.29 is 14.7 Å². The van der Waals surface area contributed by atoms with Gasteiger partial charge in [0, 0.05) is 11.6 Å². The highest BCUT2D eigenvalue weighted by molar-refractivity contribution is 6.07. The largest absolute Gasteiger partial charge is 0.478 e. The summed E-state index contributed by atoms with van der Waals surface area (Å²) in [6.45, 7) is 3.77. The Morgan fingerprint density at radius 1 is 1.20 bits per heavy atom. The Balaban J connectivity index is 2.97. The zero-order chi connectivity index (χ0) is 11.4. The fraction of sp³-hybridized carbons (Fsp3) is 0.167. The third-order valence-corrected chi connectivity index (χ3v) is 2.02. The molecule has 78 valence electrons. The average molecular weight is 204 g/mol. The molecule has 0 aliphatic rings. The molecule has 0 aliphatic carbocycles. The van der Waals surface area contributed by atoms with Crippen molar-refractivity contribution in [2.75, 3.05) is 0 Å². The molecule has 0 bridgehead atoms. The molecule has 0 heterocycles. The van der Waals surface area contributed by atoms with Crippen LogP contribution in [-0.4, -0.2) is 16.9 Å². The van der Waals surface area contributed by atoms with Crippen LogP contribution in [0.15, 0.2) is 30.4 Å². The molecule has 1 aromatic carbocycles. The fourth-order valence-electron chi connectivity index (χ4n) is 1.33. The number of hydrogen-bond donors (Lipinski definition) is 1. The summed E-state index contributed by atoms with van der Waals surface area (Å²) in [7, 11) is 0. The Bertz CT molecular complexity index is 430. The second-order valence-corrected chi connectivity index (χ2v) is 3.35. The van der Waals surface area contributed by atoms with E-state index in [4.69, 9.17) is 5.11 Å². The molecule has 0 saturated carbocycles. The summed E-state index contributed by atoms with van der Waals surface area (Å²) in [4.78, 5) is 21.8. The molecule has 0 fully saturated rings.